The molecule has 0 radical (unpaired) electrons. The highest BCUT2D eigenvalue weighted by Gasteiger charge is 2.49. The molecule has 0 aliphatic carbocycles. The largest absolute Gasteiger partial charge is 0.371 e. The van der Waals surface area contributed by atoms with Gasteiger partial charge in [0.05, 0.1) is 29.6 Å². The maximum Gasteiger partial charge on any atom is 0.0892 e. The average molecular weight is 362 g/mol. The van der Waals surface area contributed by atoms with Gasteiger partial charge in [0.2, 0.25) is 0 Å². The molecule has 2 fully saturated rings. The maximum atomic E-state index is 6.13. The highest BCUT2D eigenvalue weighted by molar-refractivity contribution is 8.01. The van der Waals surface area contributed by atoms with Crippen molar-refractivity contribution in [1.29, 1.82) is 0 Å². The van der Waals surface area contributed by atoms with E-state index in [0.717, 1.165) is 23.7 Å². The van der Waals surface area contributed by atoms with Crippen molar-refractivity contribution in [2.24, 2.45) is 0 Å². The number of aromatic nitrogens is 2. The average Bonchev–Trinajstić information content (AvgIpc) is 3.12. The zero-order chi connectivity index (χ0) is 16.6. The number of hydrogen-bond donors (Lipinski definition) is 0. The molecule has 0 N–H and O–H groups in total. The van der Waals surface area contributed by atoms with Gasteiger partial charge in [-0.3, -0.25) is 9.88 Å². The summed E-state index contributed by atoms with van der Waals surface area (Å²) in [5, 5.41) is 0. The van der Waals surface area contributed by atoms with Crippen LogP contribution in [-0.2, 0) is 17.9 Å². The molecule has 2 aliphatic rings. The van der Waals surface area contributed by atoms with Gasteiger partial charge in [0.15, 0.2) is 0 Å². The third-order valence-corrected chi connectivity index (χ3v) is 7.32. The van der Waals surface area contributed by atoms with Gasteiger partial charge >= 0.3 is 0 Å². The number of pyridine rings is 1. The summed E-state index contributed by atoms with van der Waals surface area (Å²) in [5.41, 5.74) is 5.23. The molecule has 128 valence electrons. The predicted molar refractivity (Wildman–Crippen MR) is 99.5 cm³/mol. The van der Waals surface area contributed by atoms with Gasteiger partial charge in [0, 0.05) is 40.7 Å². The fraction of sp³-hybridized carbons (Fsp3) is 0.556. The van der Waals surface area contributed by atoms with Crippen LogP contribution < -0.4 is 0 Å². The van der Waals surface area contributed by atoms with Crippen LogP contribution in [0.5, 0.6) is 0 Å². The third kappa shape index (κ3) is 3.52. The molecule has 4 nitrogen and oxygen atoms in total. The zero-order valence-corrected chi connectivity index (χ0v) is 15.8. The summed E-state index contributed by atoms with van der Waals surface area (Å²) in [5.74, 6) is 1.11. The maximum absolute atomic E-state index is 6.13. The molecule has 6 heteroatoms. The number of hydrogen-bond acceptors (Lipinski definition) is 6. The zero-order valence-electron chi connectivity index (χ0n) is 14.2. The third-order valence-electron chi connectivity index (χ3n) is 4.82. The Morgan fingerprint density at radius 2 is 2.21 bits per heavy atom. The first-order valence-electron chi connectivity index (χ1n) is 8.41. The molecule has 1 spiro atoms. The number of ether oxygens (including phenoxy) is 1. The number of rotatable bonds is 5. The number of thioether (sulfide) groups is 1. The highest BCUT2D eigenvalue weighted by Crippen LogP contribution is 2.46. The lowest BCUT2D eigenvalue weighted by molar-refractivity contribution is 0.0252. The molecule has 0 saturated carbocycles. The van der Waals surface area contributed by atoms with Crippen molar-refractivity contribution < 1.29 is 4.74 Å². The lowest BCUT2D eigenvalue weighted by atomic mass is 9.93. The minimum Gasteiger partial charge on any atom is -0.371 e. The van der Waals surface area contributed by atoms with Gasteiger partial charge in [-0.05, 0) is 32.4 Å². The van der Waals surface area contributed by atoms with Crippen LogP contribution in [-0.4, -0.2) is 44.6 Å². The molecule has 0 bridgehead atoms. The van der Waals surface area contributed by atoms with Gasteiger partial charge in [-0.2, -0.15) is 0 Å². The highest BCUT2D eigenvalue weighted by atomic mass is 32.2. The Morgan fingerprint density at radius 3 is 2.96 bits per heavy atom. The molecule has 0 amide bonds. The molecular weight excluding hydrogens is 338 g/mol. The lowest BCUT2D eigenvalue weighted by Crippen LogP contribution is -2.58. The molecule has 2 aliphatic heterocycles. The van der Waals surface area contributed by atoms with Crippen LogP contribution in [0.1, 0.15) is 28.4 Å². The van der Waals surface area contributed by atoms with Crippen LogP contribution in [0, 0.1) is 13.8 Å². The molecule has 4 rings (SSSR count). The minimum absolute atomic E-state index is 0.365. The summed E-state index contributed by atoms with van der Waals surface area (Å²) in [7, 11) is 0. The second-order valence-corrected chi connectivity index (χ2v) is 9.33. The Morgan fingerprint density at radius 1 is 1.33 bits per heavy atom. The molecule has 0 unspecified atom stereocenters. The van der Waals surface area contributed by atoms with E-state index >= 15 is 0 Å². The SMILES string of the molecule is Cc1cccc(CO[C@@H]2CSC3(C2)CN(Cc2scnc2C)C3)n1. The summed E-state index contributed by atoms with van der Waals surface area (Å²) < 4.78 is 6.55. The van der Waals surface area contributed by atoms with E-state index in [0.29, 0.717) is 17.5 Å². The number of likely N-dealkylation sites (tertiary alicyclic amines) is 1. The summed E-state index contributed by atoms with van der Waals surface area (Å²) in [6.07, 6.45) is 1.53. The number of aryl methyl sites for hydroxylation is 2. The standard InChI is InChI=1S/C18H23N3OS2/c1-13-4-3-5-15(20-13)8-22-16-6-18(24-9-16)10-21(11-18)7-17-14(2)19-12-23-17/h3-5,12,16H,6-11H2,1-2H3/t16-/m0/s1. The van der Waals surface area contributed by atoms with Gasteiger partial charge in [-0.15, -0.1) is 23.1 Å². The van der Waals surface area contributed by atoms with E-state index in [1.807, 2.05) is 24.6 Å². The molecule has 0 aromatic carbocycles. The number of thiazole rings is 1. The van der Waals surface area contributed by atoms with Crippen molar-refractivity contribution in [2.75, 3.05) is 18.8 Å². The van der Waals surface area contributed by atoms with Crippen molar-refractivity contribution in [3.05, 3.63) is 45.7 Å². The van der Waals surface area contributed by atoms with E-state index in [4.69, 9.17) is 4.74 Å². The number of nitrogens with zero attached hydrogens (tertiary/aromatic N) is 3. The van der Waals surface area contributed by atoms with Crippen molar-refractivity contribution in [3.63, 3.8) is 0 Å². The molecule has 2 saturated heterocycles. The summed E-state index contributed by atoms with van der Waals surface area (Å²) in [4.78, 5) is 12.8. The van der Waals surface area contributed by atoms with Gasteiger partial charge in [0.1, 0.15) is 0 Å². The van der Waals surface area contributed by atoms with Crippen LogP contribution in [0.15, 0.2) is 23.7 Å². The quantitative estimate of drug-likeness (QED) is 0.816. The Balaban J connectivity index is 1.25. The van der Waals surface area contributed by atoms with Gasteiger partial charge < -0.3 is 4.74 Å². The van der Waals surface area contributed by atoms with Crippen LogP contribution in [0.4, 0.5) is 0 Å². The van der Waals surface area contributed by atoms with E-state index in [2.05, 4.69) is 39.6 Å². The molecule has 1 atom stereocenters. The first-order valence-corrected chi connectivity index (χ1v) is 10.3. The fourth-order valence-electron chi connectivity index (χ4n) is 3.57. The molecular formula is C18H23N3OS2. The summed E-state index contributed by atoms with van der Waals surface area (Å²) in [6, 6.07) is 6.13. The van der Waals surface area contributed by atoms with Gasteiger partial charge in [-0.1, -0.05) is 6.07 Å². The first kappa shape index (κ1) is 16.5. The van der Waals surface area contributed by atoms with Gasteiger partial charge in [-0.25, -0.2) is 4.98 Å². The molecule has 2 aromatic heterocycles. The smallest absolute Gasteiger partial charge is 0.0892 e. The topological polar surface area (TPSA) is 38.2 Å². The first-order chi connectivity index (χ1) is 11.6. The predicted octanol–water partition coefficient (Wildman–Crippen LogP) is 3.43. The second-order valence-electron chi connectivity index (χ2n) is 6.91. The van der Waals surface area contributed by atoms with Crippen molar-refractivity contribution in [1.82, 2.24) is 14.9 Å². The van der Waals surface area contributed by atoms with Gasteiger partial charge in [0.25, 0.3) is 0 Å². The normalized spacial score (nSPS) is 22.8. The van der Waals surface area contributed by atoms with E-state index in [1.165, 1.54) is 30.1 Å². The summed E-state index contributed by atoms with van der Waals surface area (Å²) in [6.45, 7) is 8.17. The Hall–Kier alpha value is -0.950. The van der Waals surface area contributed by atoms with Crippen LogP contribution in [0.3, 0.4) is 0 Å². The molecule has 2 aromatic rings. The van der Waals surface area contributed by atoms with Crippen molar-refractivity contribution >= 4 is 23.1 Å². The van der Waals surface area contributed by atoms with E-state index < -0.39 is 0 Å². The molecule has 24 heavy (non-hydrogen) atoms. The van der Waals surface area contributed by atoms with Crippen molar-refractivity contribution in [3.8, 4) is 0 Å². The fourth-order valence-corrected chi connectivity index (χ4v) is 6.00. The minimum atomic E-state index is 0.365. The van der Waals surface area contributed by atoms with Crippen LogP contribution in [0.2, 0.25) is 0 Å². The van der Waals surface area contributed by atoms with Crippen LogP contribution >= 0.6 is 23.1 Å². The Labute approximate surface area is 151 Å². The molecule has 4 heterocycles. The van der Waals surface area contributed by atoms with E-state index in [1.54, 1.807) is 11.3 Å². The lowest BCUT2D eigenvalue weighted by Gasteiger charge is -2.47. The van der Waals surface area contributed by atoms with Crippen molar-refractivity contribution in [2.45, 2.75) is 44.3 Å². The summed E-state index contributed by atoms with van der Waals surface area (Å²) >= 11 is 3.87. The second kappa shape index (κ2) is 6.75. The van der Waals surface area contributed by atoms with Crippen LogP contribution in [0.25, 0.3) is 0 Å². The monoisotopic (exact) mass is 361 g/mol. The Bertz CT molecular complexity index is 712. The Kier molecular flexibility index (Phi) is 4.64. The van der Waals surface area contributed by atoms with E-state index in [-0.39, 0.29) is 0 Å². The van der Waals surface area contributed by atoms with E-state index in [9.17, 15) is 0 Å².